The minimum absolute atomic E-state index is 0.250. The molecule has 3 rings (SSSR count). The highest BCUT2D eigenvalue weighted by Gasteiger charge is 2.43. The first-order valence-corrected chi connectivity index (χ1v) is 12.5. The molecule has 0 aromatic heterocycles. The van der Waals surface area contributed by atoms with E-state index >= 15 is 0 Å². The number of amides is 2. The molecule has 0 saturated heterocycles. The molecule has 0 radical (unpaired) electrons. The van der Waals surface area contributed by atoms with Gasteiger partial charge in [-0.3, -0.25) is 9.59 Å². The maximum Gasteiger partial charge on any atom is 0.265 e. The van der Waals surface area contributed by atoms with Gasteiger partial charge in [-0.1, -0.05) is 26.0 Å². The predicted octanol–water partition coefficient (Wildman–Crippen LogP) is 5.21. The van der Waals surface area contributed by atoms with Gasteiger partial charge >= 0.3 is 0 Å². The molecule has 2 unspecified atom stereocenters. The van der Waals surface area contributed by atoms with Crippen molar-refractivity contribution in [3.63, 3.8) is 0 Å². The summed E-state index contributed by atoms with van der Waals surface area (Å²) in [7, 11) is 0. The van der Waals surface area contributed by atoms with Crippen LogP contribution in [0, 0.1) is 17.6 Å². The lowest BCUT2D eigenvalue weighted by atomic mass is 9.98. The number of hydrogen-bond acceptors (Lipinski definition) is 4. The summed E-state index contributed by atoms with van der Waals surface area (Å²) in [4.78, 5) is 30.9. The Labute approximate surface area is 212 Å². The lowest BCUT2D eigenvalue weighted by Crippen LogP contribution is -2.51. The van der Waals surface area contributed by atoms with Gasteiger partial charge in [0.1, 0.15) is 23.4 Å². The van der Waals surface area contributed by atoms with Crippen LogP contribution in [0.25, 0.3) is 0 Å². The third kappa shape index (κ3) is 5.79. The Hall–Kier alpha value is -3.16. The summed E-state index contributed by atoms with van der Waals surface area (Å²) in [5.41, 5.74) is 0.504. The molecule has 1 aliphatic rings. The molecule has 8 heteroatoms. The summed E-state index contributed by atoms with van der Waals surface area (Å²) in [6.45, 7) is 14.4. The molecule has 6 nitrogen and oxygen atoms in total. The number of halogens is 2. The van der Waals surface area contributed by atoms with E-state index in [0.29, 0.717) is 11.3 Å². The normalized spacial score (nSPS) is 17.9. The molecule has 36 heavy (non-hydrogen) atoms. The number of nitrogens with zero attached hydrogens (tertiary/aromatic N) is 2. The van der Waals surface area contributed by atoms with Gasteiger partial charge in [-0.15, -0.1) is 0 Å². The van der Waals surface area contributed by atoms with E-state index in [0.717, 1.165) is 30.9 Å². The highest BCUT2D eigenvalue weighted by atomic mass is 19.1. The molecular formula is C28H37F2N3O3. The number of carbonyl (C=O) groups is 2. The van der Waals surface area contributed by atoms with Crippen LogP contribution >= 0.6 is 0 Å². The maximum atomic E-state index is 14.7. The molecule has 1 aliphatic heterocycles. The predicted molar refractivity (Wildman–Crippen MR) is 137 cm³/mol. The standard InChI is InChI=1S/C28H37F2N3O3/c1-8-32(9-2)18-13-14-19-23(15-18)36-25(17(3)4)27(35)33(24(19)26(34)31-28(5,6)7)16-20-21(29)11-10-12-22(20)30/h10-15,17,24-25H,8-9,16H2,1-7H3,(H,31,34). The van der Waals surface area contributed by atoms with E-state index in [-0.39, 0.29) is 11.5 Å². The smallest absolute Gasteiger partial charge is 0.265 e. The Bertz CT molecular complexity index is 1090. The van der Waals surface area contributed by atoms with Crippen molar-refractivity contribution in [2.75, 3.05) is 18.0 Å². The van der Waals surface area contributed by atoms with Crippen LogP contribution < -0.4 is 15.0 Å². The van der Waals surface area contributed by atoms with Crippen LogP contribution in [0.2, 0.25) is 0 Å². The number of fused-ring (bicyclic) bond motifs is 1. The van der Waals surface area contributed by atoms with Crippen molar-refractivity contribution in [3.8, 4) is 5.75 Å². The monoisotopic (exact) mass is 501 g/mol. The van der Waals surface area contributed by atoms with Crippen molar-refractivity contribution in [2.45, 2.75) is 72.7 Å². The third-order valence-corrected chi connectivity index (χ3v) is 6.25. The second kappa shape index (κ2) is 10.8. The zero-order valence-corrected chi connectivity index (χ0v) is 22.2. The van der Waals surface area contributed by atoms with Crippen LogP contribution in [-0.2, 0) is 16.1 Å². The molecule has 2 aromatic rings. The van der Waals surface area contributed by atoms with E-state index in [4.69, 9.17) is 4.74 Å². The molecule has 0 bridgehead atoms. The highest BCUT2D eigenvalue weighted by molar-refractivity contribution is 5.92. The van der Waals surface area contributed by atoms with Crippen molar-refractivity contribution >= 4 is 17.5 Å². The summed E-state index contributed by atoms with van der Waals surface area (Å²) in [5.74, 6) is -2.33. The quantitative estimate of drug-likeness (QED) is 0.566. The van der Waals surface area contributed by atoms with Crippen LogP contribution in [0.15, 0.2) is 36.4 Å². The number of rotatable bonds is 7. The Morgan fingerprint density at radius 2 is 1.72 bits per heavy atom. The lowest BCUT2D eigenvalue weighted by Gasteiger charge is -2.33. The minimum Gasteiger partial charge on any atom is -0.480 e. The molecule has 0 spiro atoms. The van der Waals surface area contributed by atoms with Gasteiger partial charge in [0.05, 0.1) is 6.54 Å². The van der Waals surface area contributed by atoms with Crippen molar-refractivity contribution in [1.82, 2.24) is 10.2 Å². The van der Waals surface area contributed by atoms with Crippen LogP contribution in [-0.4, -0.2) is 41.4 Å². The van der Waals surface area contributed by atoms with Gasteiger partial charge in [0.2, 0.25) is 5.91 Å². The van der Waals surface area contributed by atoms with Gasteiger partial charge in [0, 0.05) is 41.5 Å². The molecule has 2 atom stereocenters. The Morgan fingerprint density at radius 1 is 1.11 bits per heavy atom. The van der Waals surface area contributed by atoms with E-state index in [1.165, 1.54) is 11.0 Å². The zero-order chi connectivity index (χ0) is 26.8. The van der Waals surface area contributed by atoms with Gasteiger partial charge in [0.25, 0.3) is 5.91 Å². The maximum absolute atomic E-state index is 14.7. The molecule has 0 saturated carbocycles. The first kappa shape index (κ1) is 27.4. The van der Waals surface area contributed by atoms with Crippen LogP contribution in [0.5, 0.6) is 5.75 Å². The van der Waals surface area contributed by atoms with Gasteiger partial charge < -0.3 is 19.9 Å². The Kier molecular flexibility index (Phi) is 8.26. The van der Waals surface area contributed by atoms with E-state index in [1.807, 2.05) is 60.6 Å². The van der Waals surface area contributed by atoms with Crippen LogP contribution in [0.4, 0.5) is 14.5 Å². The first-order chi connectivity index (χ1) is 16.9. The minimum atomic E-state index is -1.14. The number of carbonyl (C=O) groups excluding carboxylic acids is 2. The molecule has 1 N–H and O–H groups in total. The summed E-state index contributed by atoms with van der Waals surface area (Å²) in [6.07, 6.45) is -0.932. The summed E-state index contributed by atoms with van der Waals surface area (Å²) >= 11 is 0. The van der Waals surface area contributed by atoms with Crippen molar-refractivity contribution in [1.29, 1.82) is 0 Å². The summed E-state index contributed by atoms with van der Waals surface area (Å²) in [5, 5.41) is 2.94. The van der Waals surface area contributed by atoms with Gasteiger partial charge in [-0.2, -0.15) is 0 Å². The van der Waals surface area contributed by atoms with E-state index in [9.17, 15) is 18.4 Å². The highest BCUT2D eigenvalue weighted by Crippen LogP contribution is 2.39. The first-order valence-electron chi connectivity index (χ1n) is 12.5. The molecule has 1 heterocycles. The molecule has 2 amide bonds. The third-order valence-electron chi connectivity index (χ3n) is 6.25. The van der Waals surface area contributed by atoms with Gasteiger partial charge in [0.15, 0.2) is 6.10 Å². The van der Waals surface area contributed by atoms with E-state index < -0.39 is 47.7 Å². The molecule has 2 aromatic carbocycles. The zero-order valence-electron chi connectivity index (χ0n) is 22.2. The Morgan fingerprint density at radius 3 is 2.25 bits per heavy atom. The average molecular weight is 502 g/mol. The Balaban J connectivity index is 2.23. The second-order valence-electron chi connectivity index (χ2n) is 10.5. The molecule has 0 fully saturated rings. The van der Waals surface area contributed by atoms with Gasteiger partial charge in [-0.05, 0) is 58.7 Å². The number of benzene rings is 2. The SMILES string of the molecule is CCN(CC)c1ccc2c(c1)OC(C(C)C)C(=O)N(Cc1c(F)cccc1F)C2C(=O)NC(C)(C)C. The molecule has 0 aliphatic carbocycles. The second-order valence-corrected chi connectivity index (χ2v) is 10.5. The topological polar surface area (TPSA) is 61.9 Å². The van der Waals surface area contributed by atoms with Crippen LogP contribution in [0.3, 0.4) is 0 Å². The molecular weight excluding hydrogens is 464 g/mol. The van der Waals surface area contributed by atoms with Gasteiger partial charge in [-0.25, -0.2) is 8.78 Å². The fourth-order valence-corrected chi connectivity index (χ4v) is 4.45. The number of nitrogens with one attached hydrogen (secondary N) is 1. The van der Waals surface area contributed by atoms with Crippen LogP contribution in [0.1, 0.15) is 65.6 Å². The average Bonchev–Trinajstić information content (AvgIpc) is 2.90. The molecule has 196 valence electrons. The van der Waals surface area contributed by atoms with Crippen molar-refractivity contribution in [3.05, 3.63) is 59.2 Å². The van der Waals surface area contributed by atoms with Crippen molar-refractivity contribution in [2.24, 2.45) is 5.92 Å². The summed E-state index contributed by atoms with van der Waals surface area (Å²) in [6, 6.07) is 7.92. The van der Waals surface area contributed by atoms with Crippen molar-refractivity contribution < 1.29 is 23.1 Å². The number of hydrogen-bond donors (Lipinski definition) is 1. The van der Waals surface area contributed by atoms with E-state index in [2.05, 4.69) is 10.2 Å². The number of ether oxygens (including phenoxy) is 1. The fourth-order valence-electron chi connectivity index (χ4n) is 4.45. The van der Waals surface area contributed by atoms with E-state index in [1.54, 1.807) is 6.07 Å². The number of anilines is 1. The lowest BCUT2D eigenvalue weighted by molar-refractivity contribution is -0.147. The fraction of sp³-hybridized carbons (Fsp3) is 0.500. The largest absolute Gasteiger partial charge is 0.480 e. The summed E-state index contributed by atoms with van der Waals surface area (Å²) < 4.78 is 35.6.